The van der Waals surface area contributed by atoms with Gasteiger partial charge in [-0.15, -0.1) is 6.42 Å². The average molecular weight is 214 g/mol. The lowest BCUT2D eigenvalue weighted by atomic mass is 10.4. The van der Waals surface area contributed by atoms with Gasteiger partial charge in [0, 0.05) is 6.20 Å². The summed E-state index contributed by atoms with van der Waals surface area (Å²) in [6.07, 6.45) is 7.25. The summed E-state index contributed by atoms with van der Waals surface area (Å²) in [5, 5.41) is 0. The molecule has 1 atom stereocenters. The molecule has 2 heterocycles. The van der Waals surface area contributed by atoms with Crippen molar-refractivity contribution in [2.24, 2.45) is 0 Å². The number of imidazole rings is 1. The second kappa shape index (κ2) is 4.07. The van der Waals surface area contributed by atoms with E-state index in [1.807, 2.05) is 12.1 Å². The standard InChI is InChI=1S/C12H10N2O2/c1-3-9(2)16-12-10(8-15)14-7-5-4-6-11(14)13-12/h1,4-9H,2H3. The van der Waals surface area contributed by atoms with Gasteiger partial charge in [0.15, 0.2) is 12.4 Å². The molecule has 0 saturated heterocycles. The molecule has 0 aliphatic heterocycles. The van der Waals surface area contributed by atoms with Crippen LogP contribution in [-0.2, 0) is 0 Å². The van der Waals surface area contributed by atoms with E-state index in [4.69, 9.17) is 11.2 Å². The second-order valence-corrected chi connectivity index (χ2v) is 3.28. The number of ether oxygens (including phenoxy) is 1. The highest BCUT2D eigenvalue weighted by molar-refractivity contribution is 5.78. The molecule has 2 aromatic rings. The predicted molar refractivity (Wildman–Crippen MR) is 59.5 cm³/mol. The second-order valence-electron chi connectivity index (χ2n) is 3.28. The molecule has 0 aromatic carbocycles. The summed E-state index contributed by atoms with van der Waals surface area (Å²) in [4.78, 5) is 15.2. The minimum Gasteiger partial charge on any atom is -0.460 e. The molecule has 0 bridgehead atoms. The number of carbonyl (C=O) groups excluding carboxylic acids is 1. The highest BCUT2D eigenvalue weighted by Gasteiger charge is 2.13. The number of rotatable bonds is 3. The van der Waals surface area contributed by atoms with Crippen LogP contribution in [0.2, 0.25) is 0 Å². The van der Waals surface area contributed by atoms with E-state index >= 15 is 0 Å². The van der Waals surface area contributed by atoms with E-state index in [0.29, 0.717) is 17.6 Å². The van der Waals surface area contributed by atoms with E-state index in [0.717, 1.165) is 0 Å². The number of hydrogen-bond donors (Lipinski definition) is 0. The van der Waals surface area contributed by atoms with Crippen LogP contribution in [0.3, 0.4) is 0 Å². The van der Waals surface area contributed by atoms with E-state index in [1.165, 1.54) is 0 Å². The molecule has 0 amide bonds. The zero-order valence-electron chi connectivity index (χ0n) is 8.75. The van der Waals surface area contributed by atoms with Crippen molar-refractivity contribution in [3.63, 3.8) is 0 Å². The summed E-state index contributed by atoms with van der Waals surface area (Å²) >= 11 is 0. The van der Waals surface area contributed by atoms with Gasteiger partial charge >= 0.3 is 0 Å². The predicted octanol–water partition coefficient (Wildman–Crippen LogP) is 1.55. The highest BCUT2D eigenvalue weighted by atomic mass is 16.5. The van der Waals surface area contributed by atoms with Gasteiger partial charge in [0.05, 0.1) is 0 Å². The molecule has 0 N–H and O–H groups in total. The van der Waals surface area contributed by atoms with Crippen LogP contribution in [-0.4, -0.2) is 21.8 Å². The first kappa shape index (κ1) is 10.2. The minimum absolute atomic E-state index is 0.270. The first-order valence-corrected chi connectivity index (χ1v) is 4.81. The molecule has 4 nitrogen and oxygen atoms in total. The van der Waals surface area contributed by atoms with Crippen molar-refractivity contribution in [1.82, 2.24) is 9.38 Å². The van der Waals surface area contributed by atoms with Gasteiger partial charge in [-0.25, -0.2) is 0 Å². The highest BCUT2D eigenvalue weighted by Crippen LogP contribution is 2.18. The number of pyridine rings is 1. The molecule has 0 saturated carbocycles. The summed E-state index contributed by atoms with van der Waals surface area (Å²) in [5.41, 5.74) is 1.03. The van der Waals surface area contributed by atoms with Gasteiger partial charge in [0.2, 0.25) is 5.88 Å². The SMILES string of the molecule is C#CC(C)Oc1nc2ccccn2c1C=O. The van der Waals surface area contributed by atoms with Gasteiger partial charge in [-0.05, 0) is 19.1 Å². The Morgan fingerprint density at radius 3 is 3.12 bits per heavy atom. The number of hydrogen-bond acceptors (Lipinski definition) is 3. The number of aromatic nitrogens is 2. The van der Waals surface area contributed by atoms with Crippen molar-refractivity contribution in [1.29, 1.82) is 0 Å². The quantitative estimate of drug-likeness (QED) is 0.575. The normalized spacial score (nSPS) is 12.0. The fourth-order valence-corrected chi connectivity index (χ4v) is 1.39. The van der Waals surface area contributed by atoms with Crippen LogP contribution < -0.4 is 4.74 Å². The molecule has 4 heteroatoms. The van der Waals surface area contributed by atoms with E-state index in [-0.39, 0.29) is 5.88 Å². The van der Waals surface area contributed by atoms with Crippen LogP contribution in [0.4, 0.5) is 0 Å². The lowest BCUT2D eigenvalue weighted by molar-refractivity contribution is 0.111. The van der Waals surface area contributed by atoms with Gasteiger partial charge < -0.3 is 4.74 Å². The topological polar surface area (TPSA) is 43.6 Å². The smallest absolute Gasteiger partial charge is 0.245 e. The van der Waals surface area contributed by atoms with Crippen molar-refractivity contribution in [2.75, 3.05) is 0 Å². The monoisotopic (exact) mass is 214 g/mol. The number of fused-ring (bicyclic) bond motifs is 1. The van der Waals surface area contributed by atoms with Crippen molar-refractivity contribution < 1.29 is 9.53 Å². The molecule has 0 radical (unpaired) electrons. The van der Waals surface area contributed by atoms with Gasteiger partial charge in [0.25, 0.3) is 0 Å². The number of nitrogens with zero attached hydrogens (tertiary/aromatic N) is 2. The zero-order chi connectivity index (χ0) is 11.5. The van der Waals surface area contributed by atoms with Gasteiger partial charge in [-0.1, -0.05) is 12.0 Å². The molecule has 1 unspecified atom stereocenters. The van der Waals surface area contributed by atoms with E-state index in [2.05, 4.69) is 10.9 Å². The van der Waals surface area contributed by atoms with E-state index in [9.17, 15) is 4.79 Å². The third kappa shape index (κ3) is 1.63. The van der Waals surface area contributed by atoms with Crippen LogP contribution >= 0.6 is 0 Å². The summed E-state index contributed by atoms with van der Waals surface area (Å²) in [7, 11) is 0. The van der Waals surface area contributed by atoms with Gasteiger partial charge in [-0.3, -0.25) is 9.20 Å². The Labute approximate surface area is 92.9 Å². The lowest BCUT2D eigenvalue weighted by Gasteiger charge is -2.05. The third-order valence-corrected chi connectivity index (χ3v) is 2.17. The van der Waals surface area contributed by atoms with E-state index in [1.54, 1.807) is 23.6 Å². The van der Waals surface area contributed by atoms with Crippen LogP contribution in [0, 0.1) is 12.3 Å². The van der Waals surface area contributed by atoms with Crippen molar-refractivity contribution in [3.05, 3.63) is 30.1 Å². The molecule has 0 fully saturated rings. The number of aldehydes is 1. The number of carbonyl (C=O) groups is 1. The molecular formula is C12H10N2O2. The van der Waals surface area contributed by atoms with Gasteiger partial charge in [-0.2, -0.15) is 4.98 Å². The minimum atomic E-state index is -0.413. The van der Waals surface area contributed by atoms with Crippen molar-refractivity contribution in [3.8, 4) is 18.2 Å². The maximum absolute atomic E-state index is 11.0. The van der Waals surface area contributed by atoms with Crippen LogP contribution in [0.1, 0.15) is 17.4 Å². The fraction of sp³-hybridized carbons (Fsp3) is 0.167. The molecule has 0 aliphatic rings. The molecule has 2 rings (SSSR count). The Bertz CT molecular complexity index is 566. The average Bonchev–Trinajstić information content (AvgIpc) is 2.65. The lowest BCUT2D eigenvalue weighted by Crippen LogP contribution is -2.09. The maximum Gasteiger partial charge on any atom is 0.245 e. The Morgan fingerprint density at radius 2 is 2.44 bits per heavy atom. The molecule has 2 aromatic heterocycles. The summed E-state index contributed by atoms with van der Waals surface area (Å²) in [5.74, 6) is 2.69. The molecule has 16 heavy (non-hydrogen) atoms. The molecule has 0 aliphatic carbocycles. The number of terminal acetylenes is 1. The van der Waals surface area contributed by atoms with Crippen LogP contribution in [0.25, 0.3) is 5.65 Å². The largest absolute Gasteiger partial charge is 0.460 e. The van der Waals surface area contributed by atoms with Crippen LogP contribution in [0.5, 0.6) is 5.88 Å². The first-order valence-electron chi connectivity index (χ1n) is 4.81. The van der Waals surface area contributed by atoms with Crippen molar-refractivity contribution >= 4 is 11.9 Å². The Kier molecular flexibility index (Phi) is 2.61. The Morgan fingerprint density at radius 1 is 1.62 bits per heavy atom. The molecular weight excluding hydrogens is 204 g/mol. The van der Waals surface area contributed by atoms with Gasteiger partial charge in [0.1, 0.15) is 11.3 Å². The molecule has 80 valence electrons. The summed E-state index contributed by atoms with van der Waals surface area (Å²) < 4.78 is 7.03. The first-order chi connectivity index (χ1) is 7.76. The Hall–Kier alpha value is -2.28. The maximum atomic E-state index is 11.0. The van der Waals surface area contributed by atoms with Crippen molar-refractivity contribution in [2.45, 2.75) is 13.0 Å². The summed E-state index contributed by atoms with van der Waals surface area (Å²) in [6.45, 7) is 1.72. The van der Waals surface area contributed by atoms with Crippen LogP contribution in [0.15, 0.2) is 24.4 Å². The summed E-state index contributed by atoms with van der Waals surface area (Å²) in [6, 6.07) is 5.45. The molecule has 0 spiro atoms. The van der Waals surface area contributed by atoms with E-state index < -0.39 is 6.10 Å². The third-order valence-electron chi connectivity index (χ3n) is 2.17. The fourth-order valence-electron chi connectivity index (χ4n) is 1.39. The zero-order valence-corrected chi connectivity index (χ0v) is 8.75. The Balaban J connectivity index is 2.53.